The average molecular weight is 346 g/mol. The molecule has 1 aliphatic heterocycles. The fraction of sp³-hybridized carbons (Fsp3) is 0.650. The summed E-state index contributed by atoms with van der Waals surface area (Å²) in [6, 6.07) is 8.01. The van der Waals surface area contributed by atoms with Crippen molar-refractivity contribution in [3.63, 3.8) is 0 Å². The van der Waals surface area contributed by atoms with Gasteiger partial charge < -0.3 is 20.5 Å². The van der Waals surface area contributed by atoms with E-state index in [0.29, 0.717) is 30.6 Å². The zero-order chi connectivity index (χ0) is 17.9. The van der Waals surface area contributed by atoms with E-state index in [0.717, 1.165) is 38.0 Å². The average Bonchev–Trinajstić information content (AvgIpc) is 2.59. The number of carboxylic acid groups (broad SMARTS) is 1. The van der Waals surface area contributed by atoms with Gasteiger partial charge in [-0.3, -0.25) is 0 Å². The highest BCUT2D eigenvalue weighted by Crippen LogP contribution is 2.31. The van der Waals surface area contributed by atoms with E-state index in [1.165, 1.54) is 12.8 Å². The zero-order valence-corrected chi connectivity index (χ0v) is 15.1. The van der Waals surface area contributed by atoms with E-state index < -0.39 is 11.6 Å². The lowest BCUT2D eigenvalue weighted by molar-refractivity contribution is -0.160. The van der Waals surface area contributed by atoms with Gasteiger partial charge in [0.15, 0.2) is 0 Å². The van der Waals surface area contributed by atoms with Crippen molar-refractivity contribution in [2.24, 2.45) is 11.7 Å². The van der Waals surface area contributed by atoms with Crippen molar-refractivity contribution in [2.45, 2.75) is 57.1 Å². The van der Waals surface area contributed by atoms with E-state index in [1.54, 1.807) is 0 Å². The largest absolute Gasteiger partial charge is 0.478 e. The standard InChI is InChI=1S/C20H30N2O3/c1-15-3-2-4-18(13-15)25-20(19(23)24)9-11-22(12-10-20)14-16-5-7-17(21)8-6-16/h2-4,13,16-17H,5-12,14,21H2,1H3,(H,23,24). The molecule has 25 heavy (non-hydrogen) atoms. The van der Waals surface area contributed by atoms with Crippen LogP contribution in [0.5, 0.6) is 5.75 Å². The number of nitrogens with two attached hydrogens (primary N) is 1. The van der Waals surface area contributed by atoms with E-state index in [2.05, 4.69) is 4.90 Å². The van der Waals surface area contributed by atoms with Crippen molar-refractivity contribution >= 4 is 5.97 Å². The summed E-state index contributed by atoms with van der Waals surface area (Å²) in [6.45, 7) is 4.60. The Bertz CT molecular complexity index is 588. The van der Waals surface area contributed by atoms with Crippen molar-refractivity contribution in [1.82, 2.24) is 4.90 Å². The lowest BCUT2D eigenvalue weighted by Gasteiger charge is -2.40. The van der Waals surface area contributed by atoms with Gasteiger partial charge in [-0.1, -0.05) is 12.1 Å². The highest BCUT2D eigenvalue weighted by Gasteiger charge is 2.44. The number of ether oxygens (including phenoxy) is 1. The molecule has 0 bridgehead atoms. The first-order valence-electron chi connectivity index (χ1n) is 9.44. The Hall–Kier alpha value is -1.59. The molecule has 1 aromatic carbocycles. The number of carbonyl (C=O) groups is 1. The second-order valence-electron chi connectivity index (χ2n) is 7.80. The molecule has 1 aromatic rings. The minimum atomic E-state index is -1.10. The predicted molar refractivity (Wildman–Crippen MR) is 97.8 cm³/mol. The number of likely N-dealkylation sites (tertiary alicyclic amines) is 1. The molecule has 5 heteroatoms. The Kier molecular flexibility index (Phi) is 5.64. The second-order valence-corrected chi connectivity index (χ2v) is 7.80. The van der Waals surface area contributed by atoms with Crippen LogP contribution < -0.4 is 10.5 Å². The number of rotatable bonds is 5. The number of hydrogen-bond acceptors (Lipinski definition) is 4. The number of nitrogens with zero attached hydrogens (tertiary/aromatic N) is 1. The Labute approximate surface area is 150 Å². The van der Waals surface area contributed by atoms with Gasteiger partial charge in [0.2, 0.25) is 5.60 Å². The smallest absolute Gasteiger partial charge is 0.348 e. The van der Waals surface area contributed by atoms with E-state index in [4.69, 9.17) is 10.5 Å². The van der Waals surface area contributed by atoms with E-state index >= 15 is 0 Å². The molecule has 0 aromatic heterocycles. The van der Waals surface area contributed by atoms with E-state index in [1.807, 2.05) is 31.2 Å². The van der Waals surface area contributed by atoms with Gasteiger partial charge in [-0.2, -0.15) is 0 Å². The Morgan fingerprint density at radius 1 is 1.28 bits per heavy atom. The Morgan fingerprint density at radius 3 is 2.56 bits per heavy atom. The van der Waals surface area contributed by atoms with Crippen LogP contribution >= 0.6 is 0 Å². The van der Waals surface area contributed by atoms with Crippen LogP contribution in [-0.2, 0) is 4.79 Å². The molecule has 0 radical (unpaired) electrons. The normalized spacial score (nSPS) is 27.0. The topological polar surface area (TPSA) is 75.8 Å². The zero-order valence-electron chi connectivity index (χ0n) is 15.1. The summed E-state index contributed by atoms with van der Waals surface area (Å²) < 4.78 is 5.99. The molecule has 5 nitrogen and oxygen atoms in total. The summed E-state index contributed by atoms with van der Waals surface area (Å²) in [5.41, 5.74) is 5.96. The maximum atomic E-state index is 11.9. The van der Waals surface area contributed by atoms with Crippen molar-refractivity contribution in [1.29, 1.82) is 0 Å². The summed E-state index contributed by atoms with van der Waals surface area (Å²) in [6.07, 6.45) is 5.69. The second kappa shape index (κ2) is 7.75. The van der Waals surface area contributed by atoms with Gasteiger partial charge in [0, 0.05) is 38.5 Å². The first kappa shape index (κ1) is 18.2. The van der Waals surface area contributed by atoms with Crippen LogP contribution in [-0.4, -0.2) is 47.3 Å². The first-order chi connectivity index (χ1) is 12.0. The Balaban J connectivity index is 1.58. The number of piperidine rings is 1. The summed E-state index contributed by atoms with van der Waals surface area (Å²) >= 11 is 0. The summed E-state index contributed by atoms with van der Waals surface area (Å²) in [5, 5.41) is 9.80. The molecule has 1 saturated carbocycles. The highest BCUT2D eigenvalue weighted by molar-refractivity contribution is 5.78. The monoisotopic (exact) mass is 346 g/mol. The lowest BCUT2D eigenvalue weighted by Crippen LogP contribution is -2.54. The predicted octanol–water partition coefficient (Wildman–Crippen LogP) is 2.81. The summed E-state index contributed by atoms with van der Waals surface area (Å²) in [7, 11) is 0. The Morgan fingerprint density at radius 2 is 1.96 bits per heavy atom. The van der Waals surface area contributed by atoms with Gasteiger partial charge in [-0.05, 0) is 56.2 Å². The van der Waals surface area contributed by atoms with E-state index in [9.17, 15) is 9.90 Å². The molecule has 2 fully saturated rings. The van der Waals surface area contributed by atoms with Crippen LogP contribution in [0.15, 0.2) is 24.3 Å². The molecule has 0 unspecified atom stereocenters. The van der Waals surface area contributed by atoms with Crippen molar-refractivity contribution in [3.8, 4) is 5.75 Å². The molecule has 1 heterocycles. The number of hydrogen-bond donors (Lipinski definition) is 2. The van der Waals surface area contributed by atoms with Crippen molar-refractivity contribution in [3.05, 3.63) is 29.8 Å². The van der Waals surface area contributed by atoms with Crippen LogP contribution in [0.4, 0.5) is 0 Å². The van der Waals surface area contributed by atoms with Gasteiger partial charge in [-0.25, -0.2) is 4.79 Å². The molecular weight excluding hydrogens is 316 g/mol. The van der Waals surface area contributed by atoms with Crippen LogP contribution in [0.3, 0.4) is 0 Å². The van der Waals surface area contributed by atoms with Crippen LogP contribution in [0.2, 0.25) is 0 Å². The number of aryl methyl sites for hydroxylation is 1. The number of aliphatic carboxylic acids is 1. The fourth-order valence-electron chi connectivity index (χ4n) is 4.10. The van der Waals surface area contributed by atoms with Crippen LogP contribution in [0.25, 0.3) is 0 Å². The van der Waals surface area contributed by atoms with Crippen molar-refractivity contribution < 1.29 is 14.6 Å². The molecule has 1 saturated heterocycles. The van der Waals surface area contributed by atoms with Gasteiger partial charge in [0.1, 0.15) is 5.75 Å². The summed E-state index contributed by atoms with van der Waals surface area (Å²) in [5.74, 6) is 0.504. The van der Waals surface area contributed by atoms with Gasteiger partial charge >= 0.3 is 5.97 Å². The van der Waals surface area contributed by atoms with Gasteiger partial charge in [0.25, 0.3) is 0 Å². The first-order valence-corrected chi connectivity index (χ1v) is 9.44. The number of carboxylic acids is 1. The molecule has 138 valence electrons. The molecule has 1 aliphatic carbocycles. The maximum absolute atomic E-state index is 11.9. The highest BCUT2D eigenvalue weighted by atomic mass is 16.5. The molecule has 2 aliphatic rings. The third-order valence-electron chi connectivity index (χ3n) is 5.76. The molecule has 3 rings (SSSR count). The lowest BCUT2D eigenvalue weighted by atomic mass is 9.85. The minimum absolute atomic E-state index is 0.375. The number of benzene rings is 1. The SMILES string of the molecule is Cc1cccc(OC2(C(=O)O)CCN(CC3CCC(N)CC3)CC2)c1. The van der Waals surface area contributed by atoms with Gasteiger partial charge in [0.05, 0.1) is 0 Å². The van der Waals surface area contributed by atoms with Crippen molar-refractivity contribution in [2.75, 3.05) is 19.6 Å². The quantitative estimate of drug-likeness (QED) is 0.857. The molecule has 3 N–H and O–H groups in total. The molecule has 0 amide bonds. The molecular formula is C20H30N2O3. The summed E-state index contributed by atoms with van der Waals surface area (Å²) in [4.78, 5) is 14.3. The van der Waals surface area contributed by atoms with Crippen LogP contribution in [0, 0.1) is 12.8 Å². The van der Waals surface area contributed by atoms with Crippen LogP contribution in [0.1, 0.15) is 44.1 Å². The van der Waals surface area contributed by atoms with Gasteiger partial charge in [-0.15, -0.1) is 0 Å². The third kappa shape index (κ3) is 4.53. The van der Waals surface area contributed by atoms with E-state index in [-0.39, 0.29) is 0 Å². The molecule has 0 spiro atoms. The fourth-order valence-corrected chi connectivity index (χ4v) is 4.10. The molecule has 0 atom stereocenters. The minimum Gasteiger partial charge on any atom is -0.478 e. The maximum Gasteiger partial charge on any atom is 0.348 e. The third-order valence-corrected chi connectivity index (χ3v) is 5.76.